The van der Waals surface area contributed by atoms with Gasteiger partial charge in [0.2, 0.25) is 0 Å². The lowest BCUT2D eigenvalue weighted by molar-refractivity contribution is 0.0351. The minimum Gasteiger partial charge on any atom is -0.267 e. The maximum Gasteiger partial charge on any atom is 0.276 e. The van der Waals surface area contributed by atoms with Crippen molar-refractivity contribution in [3.05, 3.63) is 35.4 Å². The molecule has 16 heavy (non-hydrogen) atoms. The summed E-state index contributed by atoms with van der Waals surface area (Å²) in [5, 5.41) is 3.10. The van der Waals surface area contributed by atoms with Gasteiger partial charge in [-0.15, -0.1) is 0 Å². The van der Waals surface area contributed by atoms with Crippen LogP contribution in [0.5, 0.6) is 0 Å². The number of benzene rings is 1. The van der Waals surface area contributed by atoms with Gasteiger partial charge in [-0.25, -0.2) is 10.0 Å². The zero-order valence-electron chi connectivity index (χ0n) is 9.18. The van der Waals surface area contributed by atoms with Crippen LogP contribution in [0, 0.1) is 0 Å². The highest BCUT2D eigenvalue weighted by Gasteiger charge is 2.52. The van der Waals surface area contributed by atoms with Crippen LogP contribution < -0.4 is 0 Å². The number of nitrogens with zero attached hydrogens (tertiary/aromatic N) is 2. The third kappa shape index (κ3) is 1.02. The fourth-order valence-corrected chi connectivity index (χ4v) is 2.23. The Bertz CT molecular complexity index is 455. The van der Waals surface area contributed by atoms with Crippen LogP contribution in [-0.2, 0) is 0 Å². The molecule has 1 fully saturated rings. The summed E-state index contributed by atoms with van der Waals surface area (Å²) in [6.45, 7) is 4.02. The Balaban J connectivity index is 2.02. The predicted molar refractivity (Wildman–Crippen MR) is 57.7 cm³/mol. The second-order valence-corrected chi connectivity index (χ2v) is 4.33. The van der Waals surface area contributed by atoms with E-state index in [-0.39, 0.29) is 23.9 Å². The van der Waals surface area contributed by atoms with E-state index in [0.717, 1.165) is 0 Å². The van der Waals surface area contributed by atoms with E-state index in [4.69, 9.17) is 0 Å². The molecule has 3 rings (SSSR count). The molecule has 0 N–H and O–H groups in total. The number of hydrazine groups is 1. The molecule has 2 heterocycles. The molecule has 1 saturated heterocycles. The molecular formula is C12H12N2O2. The zero-order chi connectivity index (χ0) is 11.4. The molecule has 4 nitrogen and oxygen atoms in total. The molecule has 2 aliphatic rings. The molecule has 0 radical (unpaired) electrons. The van der Waals surface area contributed by atoms with E-state index in [9.17, 15) is 9.59 Å². The third-order valence-electron chi connectivity index (χ3n) is 3.45. The van der Waals surface area contributed by atoms with Crippen molar-refractivity contribution in [1.29, 1.82) is 0 Å². The summed E-state index contributed by atoms with van der Waals surface area (Å²) in [5.74, 6) is -0.395. The number of rotatable bonds is 1. The molecular weight excluding hydrogens is 204 g/mol. The number of fused-ring (bicyclic) bond motifs is 1. The normalized spacial score (nSPS) is 31.9. The van der Waals surface area contributed by atoms with E-state index < -0.39 is 0 Å². The van der Waals surface area contributed by atoms with Crippen molar-refractivity contribution in [1.82, 2.24) is 10.0 Å². The summed E-state index contributed by atoms with van der Waals surface area (Å²) in [5.41, 5.74) is 1.03. The lowest BCUT2D eigenvalue weighted by Crippen LogP contribution is -2.36. The van der Waals surface area contributed by atoms with Crippen molar-refractivity contribution in [3.8, 4) is 0 Å². The molecule has 0 aromatic heterocycles. The largest absolute Gasteiger partial charge is 0.276 e. The molecule has 1 aromatic rings. The second kappa shape index (κ2) is 2.92. The Labute approximate surface area is 93.4 Å². The summed E-state index contributed by atoms with van der Waals surface area (Å²) in [4.78, 5) is 24.1. The average Bonchev–Trinajstić information content (AvgIpc) is 2.78. The molecule has 3 atom stereocenters. The van der Waals surface area contributed by atoms with Crippen LogP contribution in [0.4, 0.5) is 0 Å². The lowest BCUT2D eigenvalue weighted by Gasteiger charge is -2.15. The maximum absolute atomic E-state index is 12.0. The van der Waals surface area contributed by atoms with E-state index in [2.05, 4.69) is 0 Å². The topological polar surface area (TPSA) is 40.4 Å². The molecule has 0 bridgehead atoms. The fourth-order valence-electron chi connectivity index (χ4n) is 2.23. The number of hydrogen-bond acceptors (Lipinski definition) is 3. The molecule has 0 saturated carbocycles. The van der Waals surface area contributed by atoms with Crippen molar-refractivity contribution in [2.75, 3.05) is 0 Å². The Morgan fingerprint density at radius 3 is 1.75 bits per heavy atom. The number of carbonyl (C=O) groups is 2. The Hall–Kier alpha value is -1.68. The molecule has 2 amide bonds. The zero-order valence-corrected chi connectivity index (χ0v) is 9.18. The minimum absolute atomic E-state index is 0.197. The van der Waals surface area contributed by atoms with Crippen LogP contribution in [0.2, 0.25) is 0 Å². The van der Waals surface area contributed by atoms with Crippen molar-refractivity contribution >= 4 is 11.8 Å². The Kier molecular flexibility index (Phi) is 1.74. The summed E-state index contributed by atoms with van der Waals surface area (Å²) in [6.07, 6.45) is 0. The first-order valence-electron chi connectivity index (χ1n) is 5.39. The van der Waals surface area contributed by atoms with Crippen LogP contribution in [0.15, 0.2) is 24.3 Å². The lowest BCUT2D eigenvalue weighted by atomic mass is 10.1. The molecule has 0 aliphatic carbocycles. The quantitative estimate of drug-likeness (QED) is 0.524. The van der Waals surface area contributed by atoms with Crippen LogP contribution in [-0.4, -0.2) is 33.9 Å². The standard InChI is InChI=1S/C12H12N2O2/c1-7-8(2)13(7)14-11(15)9-5-3-4-6-10(9)12(14)16/h3-8H,1-2H3/t7-,8+,13?. The molecule has 82 valence electrons. The molecule has 4 heteroatoms. The highest BCUT2D eigenvalue weighted by molar-refractivity contribution is 6.21. The summed E-state index contributed by atoms with van der Waals surface area (Å²) in [7, 11) is 0. The summed E-state index contributed by atoms with van der Waals surface area (Å²) < 4.78 is 0. The van der Waals surface area contributed by atoms with Crippen molar-refractivity contribution in [2.24, 2.45) is 0 Å². The number of imide groups is 1. The van der Waals surface area contributed by atoms with Gasteiger partial charge in [0, 0.05) is 12.1 Å². The first-order chi connectivity index (χ1) is 7.63. The van der Waals surface area contributed by atoms with E-state index in [1.54, 1.807) is 24.3 Å². The van der Waals surface area contributed by atoms with Crippen LogP contribution in [0.3, 0.4) is 0 Å². The van der Waals surface area contributed by atoms with Gasteiger partial charge in [0.1, 0.15) is 0 Å². The van der Waals surface area contributed by atoms with Gasteiger partial charge in [-0.05, 0) is 26.0 Å². The highest BCUT2D eigenvalue weighted by atomic mass is 16.2. The van der Waals surface area contributed by atoms with Crippen LogP contribution >= 0.6 is 0 Å². The van der Waals surface area contributed by atoms with Crippen molar-refractivity contribution in [2.45, 2.75) is 25.9 Å². The Morgan fingerprint density at radius 1 is 0.938 bits per heavy atom. The van der Waals surface area contributed by atoms with Crippen molar-refractivity contribution < 1.29 is 9.59 Å². The maximum atomic E-state index is 12.0. The average molecular weight is 216 g/mol. The molecule has 0 spiro atoms. The minimum atomic E-state index is -0.197. The summed E-state index contributed by atoms with van der Waals surface area (Å²) >= 11 is 0. The van der Waals surface area contributed by atoms with Gasteiger partial charge in [-0.2, -0.15) is 0 Å². The monoisotopic (exact) mass is 216 g/mol. The van der Waals surface area contributed by atoms with E-state index in [1.165, 1.54) is 5.01 Å². The molecule has 1 unspecified atom stereocenters. The van der Waals surface area contributed by atoms with Crippen LogP contribution in [0.1, 0.15) is 34.6 Å². The Morgan fingerprint density at radius 2 is 1.38 bits per heavy atom. The first-order valence-corrected chi connectivity index (χ1v) is 5.39. The highest BCUT2D eigenvalue weighted by Crippen LogP contribution is 2.35. The predicted octanol–water partition coefficient (Wildman–Crippen LogP) is 1.29. The van der Waals surface area contributed by atoms with Gasteiger partial charge in [0.05, 0.1) is 11.1 Å². The second-order valence-electron chi connectivity index (χ2n) is 4.33. The SMILES string of the molecule is C[C@@H]1[C@H](C)N1N1C(=O)c2ccccc2C1=O. The van der Waals surface area contributed by atoms with Gasteiger partial charge in [0.25, 0.3) is 11.8 Å². The smallest absolute Gasteiger partial charge is 0.267 e. The number of amides is 2. The van der Waals surface area contributed by atoms with Crippen molar-refractivity contribution in [3.63, 3.8) is 0 Å². The summed E-state index contributed by atoms with van der Waals surface area (Å²) in [6, 6.07) is 7.50. The van der Waals surface area contributed by atoms with Gasteiger partial charge in [-0.3, -0.25) is 9.59 Å². The van der Waals surface area contributed by atoms with E-state index in [1.807, 2.05) is 18.9 Å². The van der Waals surface area contributed by atoms with E-state index >= 15 is 0 Å². The third-order valence-corrected chi connectivity index (χ3v) is 3.45. The van der Waals surface area contributed by atoms with Gasteiger partial charge < -0.3 is 0 Å². The van der Waals surface area contributed by atoms with Gasteiger partial charge in [-0.1, -0.05) is 12.1 Å². The number of hydrogen-bond donors (Lipinski definition) is 0. The van der Waals surface area contributed by atoms with Gasteiger partial charge >= 0.3 is 0 Å². The fraction of sp³-hybridized carbons (Fsp3) is 0.333. The molecule has 2 aliphatic heterocycles. The first kappa shape index (κ1) is 9.54. The number of carbonyl (C=O) groups excluding carboxylic acids is 2. The van der Waals surface area contributed by atoms with E-state index in [0.29, 0.717) is 11.1 Å². The molecule has 1 aromatic carbocycles. The van der Waals surface area contributed by atoms with Gasteiger partial charge in [0.15, 0.2) is 0 Å². The van der Waals surface area contributed by atoms with Crippen LogP contribution in [0.25, 0.3) is 0 Å².